The monoisotopic (exact) mass is 394 g/mol. The Balaban J connectivity index is 1.79. The molecule has 2 fully saturated rings. The van der Waals surface area contributed by atoms with Crippen LogP contribution in [0.2, 0.25) is 5.02 Å². The molecule has 0 unspecified atom stereocenters. The number of likely N-dealkylation sites (tertiary alicyclic amines) is 1. The molecule has 0 saturated carbocycles. The van der Waals surface area contributed by atoms with Crippen LogP contribution in [-0.2, 0) is 9.59 Å². The molecule has 3 rings (SSSR count). The second-order valence-electron chi connectivity index (χ2n) is 5.97. The van der Waals surface area contributed by atoms with E-state index >= 15 is 0 Å². The average molecular weight is 395 g/mol. The topological polar surface area (TPSA) is 66.9 Å². The first-order valence-corrected chi connectivity index (χ1v) is 9.64. The number of imide groups is 1. The van der Waals surface area contributed by atoms with Crippen molar-refractivity contribution in [2.24, 2.45) is 0 Å². The summed E-state index contributed by atoms with van der Waals surface area (Å²) in [7, 11) is 0. The van der Waals surface area contributed by atoms with E-state index in [1.54, 1.807) is 29.2 Å². The predicted molar refractivity (Wildman–Crippen MR) is 101 cm³/mol. The molecule has 0 radical (unpaired) electrons. The Morgan fingerprint density at radius 3 is 2.73 bits per heavy atom. The Kier molecular flexibility index (Phi) is 5.88. The van der Waals surface area contributed by atoms with E-state index in [4.69, 9.17) is 16.3 Å². The number of amides is 3. The van der Waals surface area contributed by atoms with Gasteiger partial charge in [-0.05, 0) is 55.8 Å². The molecule has 6 nitrogen and oxygen atoms in total. The van der Waals surface area contributed by atoms with E-state index in [2.05, 4.69) is 0 Å². The molecule has 2 aliphatic heterocycles. The Bertz CT molecular complexity index is 774. The molecule has 2 saturated heterocycles. The highest BCUT2D eigenvalue weighted by molar-refractivity contribution is 8.18. The number of nitrogens with zero attached hydrogens (tertiary/aromatic N) is 2. The molecule has 1 aromatic carbocycles. The minimum absolute atomic E-state index is 0.191. The first kappa shape index (κ1) is 18.8. The van der Waals surface area contributed by atoms with Crippen molar-refractivity contribution in [1.82, 2.24) is 9.80 Å². The van der Waals surface area contributed by atoms with Gasteiger partial charge in [0, 0.05) is 23.7 Å². The highest BCUT2D eigenvalue weighted by Crippen LogP contribution is 2.34. The maximum atomic E-state index is 12.6. The van der Waals surface area contributed by atoms with Gasteiger partial charge in [-0.3, -0.25) is 19.3 Å². The number of hydrogen-bond acceptors (Lipinski definition) is 5. The van der Waals surface area contributed by atoms with E-state index in [0.717, 1.165) is 29.5 Å². The van der Waals surface area contributed by atoms with Crippen molar-refractivity contribution in [1.29, 1.82) is 0 Å². The van der Waals surface area contributed by atoms with E-state index in [9.17, 15) is 14.4 Å². The van der Waals surface area contributed by atoms with Crippen LogP contribution in [-0.4, -0.2) is 53.1 Å². The second kappa shape index (κ2) is 8.14. The second-order valence-corrected chi connectivity index (χ2v) is 7.40. The molecule has 3 amide bonds. The van der Waals surface area contributed by atoms with Gasteiger partial charge in [0.2, 0.25) is 5.91 Å². The number of rotatable bonds is 5. The zero-order valence-electron chi connectivity index (χ0n) is 14.4. The number of thioether (sulfide) groups is 1. The van der Waals surface area contributed by atoms with Gasteiger partial charge in [-0.25, -0.2) is 0 Å². The van der Waals surface area contributed by atoms with Crippen LogP contribution in [0.15, 0.2) is 23.1 Å². The molecule has 0 atom stereocenters. The fourth-order valence-corrected chi connectivity index (χ4v) is 3.91. The third-order valence-corrected chi connectivity index (χ3v) is 5.33. The van der Waals surface area contributed by atoms with Crippen molar-refractivity contribution < 1.29 is 19.1 Å². The normalized spacial score (nSPS) is 18.9. The lowest BCUT2D eigenvalue weighted by molar-refractivity contribution is -0.135. The van der Waals surface area contributed by atoms with Crippen LogP contribution in [0.4, 0.5) is 4.79 Å². The van der Waals surface area contributed by atoms with Crippen LogP contribution < -0.4 is 4.74 Å². The van der Waals surface area contributed by atoms with E-state index in [1.807, 2.05) is 6.92 Å². The van der Waals surface area contributed by atoms with Gasteiger partial charge < -0.3 is 9.64 Å². The highest BCUT2D eigenvalue weighted by Gasteiger charge is 2.37. The average Bonchev–Trinajstić information content (AvgIpc) is 3.22. The lowest BCUT2D eigenvalue weighted by Crippen LogP contribution is -2.40. The third kappa shape index (κ3) is 4.04. The van der Waals surface area contributed by atoms with Crippen molar-refractivity contribution in [3.05, 3.63) is 33.7 Å². The molecule has 0 aromatic heterocycles. The summed E-state index contributed by atoms with van der Waals surface area (Å²) in [5, 5.41) is 0.0666. The maximum Gasteiger partial charge on any atom is 0.294 e. The lowest BCUT2D eigenvalue weighted by Gasteiger charge is -2.18. The van der Waals surface area contributed by atoms with E-state index in [0.29, 0.717) is 36.0 Å². The van der Waals surface area contributed by atoms with Crippen molar-refractivity contribution in [3.63, 3.8) is 0 Å². The van der Waals surface area contributed by atoms with Gasteiger partial charge in [0.15, 0.2) is 0 Å². The van der Waals surface area contributed by atoms with Crippen molar-refractivity contribution in [2.75, 3.05) is 26.2 Å². The fraction of sp³-hybridized carbons (Fsp3) is 0.389. The van der Waals surface area contributed by atoms with Gasteiger partial charge in [0.05, 0.1) is 11.5 Å². The van der Waals surface area contributed by atoms with Crippen LogP contribution in [0.5, 0.6) is 5.75 Å². The first-order valence-electron chi connectivity index (χ1n) is 8.45. The van der Waals surface area contributed by atoms with Gasteiger partial charge in [-0.1, -0.05) is 11.6 Å². The summed E-state index contributed by atoms with van der Waals surface area (Å²) in [5.74, 6) is -0.0735. The quantitative estimate of drug-likeness (QED) is 0.716. The number of ether oxygens (including phenoxy) is 1. The van der Waals surface area contributed by atoms with Crippen LogP contribution in [0.1, 0.15) is 25.3 Å². The molecule has 2 aliphatic rings. The highest BCUT2D eigenvalue weighted by atomic mass is 35.5. The number of carbonyl (C=O) groups is 3. The SMILES string of the molecule is CCOc1ccc(Cl)cc1/C=C1\SC(=O)N(CC(=O)N2CCCC2)C1=O. The molecular formula is C18H19ClN2O4S. The molecule has 0 N–H and O–H groups in total. The molecule has 2 heterocycles. The number of carbonyl (C=O) groups excluding carboxylic acids is 3. The largest absolute Gasteiger partial charge is 0.493 e. The van der Waals surface area contributed by atoms with Gasteiger partial charge in [0.25, 0.3) is 11.1 Å². The smallest absolute Gasteiger partial charge is 0.294 e. The minimum Gasteiger partial charge on any atom is -0.493 e. The predicted octanol–water partition coefficient (Wildman–Crippen LogP) is 3.40. The summed E-state index contributed by atoms with van der Waals surface area (Å²) in [5.41, 5.74) is 0.621. The standard InChI is InChI=1S/C18H19ClN2O4S/c1-2-25-14-6-5-13(19)9-12(14)10-15-17(23)21(18(24)26-15)11-16(22)20-7-3-4-8-20/h5-6,9-10H,2-4,7-8,11H2,1H3/b15-10-. The zero-order valence-corrected chi connectivity index (χ0v) is 15.9. The number of benzene rings is 1. The summed E-state index contributed by atoms with van der Waals surface area (Å²) in [6, 6.07) is 5.10. The molecule has 0 aliphatic carbocycles. The van der Waals surface area contributed by atoms with E-state index < -0.39 is 11.1 Å². The number of halogens is 1. The van der Waals surface area contributed by atoms with Gasteiger partial charge in [0.1, 0.15) is 12.3 Å². The maximum absolute atomic E-state index is 12.6. The number of hydrogen-bond donors (Lipinski definition) is 0. The minimum atomic E-state index is -0.463. The van der Waals surface area contributed by atoms with Crippen molar-refractivity contribution in [3.8, 4) is 5.75 Å². The summed E-state index contributed by atoms with van der Waals surface area (Å²) in [6.45, 7) is 3.48. The summed E-state index contributed by atoms with van der Waals surface area (Å²) in [6.07, 6.45) is 3.51. The molecular weight excluding hydrogens is 376 g/mol. The molecule has 8 heteroatoms. The first-order chi connectivity index (χ1) is 12.5. The Hall–Kier alpha value is -1.99. The van der Waals surface area contributed by atoms with Gasteiger partial charge in [-0.2, -0.15) is 0 Å². The lowest BCUT2D eigenvalue weighted by atomic mass is 10.2. The van der Waals surface area contributed by atoms with Gasteiger partial charge in [-0.15, -0.1) is 0 Å². The Morgan fingerprint density at radius 2 is 2.04 bits per heavy atom. The van der Waals surface area contributed by atoms with Crippen molar-refractivity contribution >= 4 is 46.5 Å². The van der Waals surface area contributed by atoms with Gasteiger partial charge >= 0.3 is 0 Å². The Labute approximate surface area is 161 Å². The molecule has 0 spiro atoms. The van der Waals surface area contributed by atoms with Crippen molar-refractivity contribution in [2.45, 2.75) is 19.8 Å². The van der Waals surface area contributed by atoms with Crippen LogP contribution >= 0.6 is 23.4 Å². The van der Waals surface area contributed by atoms with Crippen LogP contribution in [0.25, 0.3) is 6.08 Å². The molecule has 1 aromatic rings. The van der Waals surface area contributed by atoms with Crippen LogP contribution in [0.3, 0.4) is 0 Å². The Morgan fingerprint density at radius 1 is 1.31 bits per heavy atom. The van der Waals surface area contributed by atoms with Crippen LogP contribution in [0, 0.1) is 0 Å². The summed E-state index contributed by atoms with van der Waals surface area (Å²) in [4.78, 5) is 40.0. The summed E-state index contributed by atoms with van der Waals surface area (Å²) >= 11 is 6.86. The van der Waals surface area contributed by atoms with E-state index in [-0.39, 0.29) is 17.4 Å². The molecule has 138 valence electrons. The molecule has 0 bridgehead atoms. The zero-order chi connectivity index (χ0) is 18.7. The molecule has 26 heavy (non-hydrogen) atoms. The fourth-order valence-electron chi connectivity index (χ4n) is 2.90. The third-order valence-electron chi connectivity index (χ3n) is 4.18. The summed E-state index contributed by atoms with van der Waals surface area (Å²) < 4.78 is 5.54. The van der Waals surface area contributed by atoms with E-state index in [1.165, 1.54) is 0 Å².